The van der Waals surface area contributed by atoms with Crippen LogP contribution in [0, 0.1) is 28.1 Å². The Bertz CT molecular complexity index is 3180. The number of carbonyl (C=O) groups is 2. The summed E-state index contributed by atoms with van der Waals surface area (Å²) in [5.74, 6) is 0.996. The van der Waals surface area contributed by atoms with Crippen LogP contribution in [0.5, 0.6) is 11.8 Å². The van der Waals surface area contributed by atoms with Gasteiger partial charge in [-0.25, -0.2) is 28.8 Å². The first-order chi connectivity index (χ1) is 37.8. The Morgan fingerprint density at radius 3 is 1.48 bits per heavy atom. The third-order valence-electron chi connectivity index (χ3n) is 15.8. The van der Waals surface area contributed by atoms with E-state index in [1.54, 1.807) is 46.3 Å². The number of sulfonamides is 2. The smallest absolute Gasteiger partial charge is 0.283 e. The molecule has 4 fully saturated rings. The molecule has 3 saturated carbocycles. The number of carbonyl (C=O) groups excluding carboxylic acids is 2. The predicted molar refractivity (Wildman–Crippen MR) is 301 cm³/mol. The van der Waals surface area contributed by atoms with E-state index in [2.05, 4.69) is 77.2 Å². The van der Waals surface area contributed by atoms with Gasteiger partial charge in [-0.3, -0.25) is 19.0 Å². The summed E-state index contributed by atoms with van der Waals surface area (Å²) in [7, 11) is -8.39. The highest BCUT2D eigenvalue weighted by molar-refractivity contribution is 7.90. The van der Waals surface area contributed by atoms with Crippen molar-refractivity contribution in [2.24, 2.45) is 28.1 Å². The standard InChI is InChI=1S/C28H37ClN6O4S.C27H36ClN7O4S/c1-27(2)12-7-20(19-27)8-15-34-16-10-24(32-34)40(37,38)33-26(36)21-5-6-22(30-25(21)29)35-17-9-23(31-35)39-18-4-11-28(3)13-14-28;1-26(2)17-19(18-29-26)7-13-34-14-9-23(32-34)40(37,38)33-25(36)20-5-6-21(30-24(20)28)35-15-8-22(31-35)39-16-4-10-27(3)11-12-27/h5-6,9-10,16-17,20H,4,7-8,11-15,18-19H2,1-3H3,(H,33,36);5-6,8-9,14-15,19,29H,4,7,10-13,16-18H2,1-3H3,(H,33,36). The Morgan fingerprint density at radius 1 is 0.613 bits per heavy atom. The van der Waals surface area contributed by atoms with Crippen LogP contribution in [0.15, 0.2) is 83.4 Å². The summed E-state index contributed by atoms with van der Waals surface area (Å²) in [6, 6.07) is 12.1. The minimum absolute atomic E-state index is 0.0746. The number of aromatic nitrogens is 10. The Balaban J connectivity index is 0.000000194. The summed E-state index contributed by atoms with van der Waals surface area (Å²) in [5.41, 5.74) is 1.31. The predicted octanol–water partition coefficient (Wildman–Crippen LogP) is 9.38. The Kier molecular flexibility index (Phi) is 17.6. The number of amides is 2. The quantitative estimate of drug-likeness (QED) is 0.0377. The number of nitrogens with zero attached hydrogens (tertiary/aromatic N) is 10. The Morgan fingerprint density at radius 2 is 1.07 bits per heavy atom. The summed E-state index contributed by atoms with van der Waals surface area (Å²) < 4.78 is 73.1. The number of halogens is 2. The first-order valence-electron chi connectivity index (χ1n) is 27.5. The molecule has 25 heteroatoms. The number of ether oxygens (including phenoxy) is 2. The van der Waals surface area contributed by atoms with E-state index in [1.165, 1.54) is 84.3 Å². The number of aryl methyl sites for hydroxylation is 2. The number of hydrogen-bond acceptors (Lipinski definition) is 15. The summed E-state index contributed by atoms with van der Waals surface area (Å²) in [6.45, 7) is 16.8. The lowest BCUT2D eigenvalue weighted by atomic mass is 9.90. The van der Waals surface area contributed by atoms with Gasteiger partial charge in [-0.1, -0.05) is 50.9 Å². The van der Waals surface area contributed by atoms with Gasteiger partial charge in [-0.05, 0) is 175 Å². The number of pyridine rings is 2. The second kappa shape index (κ2) is 23.9. The zero-order valence-corrected chi connectivity index (χ0v) is 49.5. The molecular weight excluding hydrogens is 1110 g/mol. The van der Waals surface area contributed by atoms with Crippen LogP contribution in [0.4, 0.5) is 0 Å². The van der Waals surface area contributed by atoms with E-state index in [1.807, 2.05) is 9.44 Å². The van der Waals surface area contributed by atoms with E-state index in [-0.39, 0.29) is 37.0 Å². The molecule has 2 atom stereocenters. The van der Waals surface area contributed by atoms with E-state index < -0.39 is 31.9 Å². The van der Waals surface area contributed by atoms with Crippen molar-refractivity contribution in [3.63, 3.8) is 0 Å². The monoisotopic (exact) mass is 1180 g/mol. The molecule has 3 N–H and O–H groups in total. The molecule has 0 spiro atoms. The van der Waals surface area contributed by atoms with Crippen LogP contribution < -0.4 is 24.2 Å². The van der Waals surface area contributed by atoms with Crippen LogP contribution in [-0.2, 0) is 33.1 Å². The number of nitrogens with one attached hydrogen (secondary N) is 3. The molecule has 0 radical (unpaired) electrons. The molecule has 3 aliphatic carbocycles. The van der Waals surface area contributed by atoms with Gasteiger partial charge < -0.3 is 14.8 Å². The zero-order valence-electron chi connectivity index (χ0n) is 46.3. The molecule has 6 aromatic rings. The highest BCUT2D eigenvalue weighted by atomic mass is 35.5. The van der Waals surface area contributed by atoms with E-state index in [9.17, 15) is 26.4 Å². The molecule has 0 aromatic carbocycles. The fourth-order valence-corrected chi connectivity index (χ4v) is 12.7. The molecule has 7 heterocycles. The Hall–Kier alpha value is -5.88. The summed E-state index contributed by atoms with van der Waals surface area (Å²) in [5, 5.41) is 19.8. The fraction of sp³-hybridized carbons (Fsp3) is 0.564. The van der Waals surface area contributed by atoms with Crippen molar-refractivity contribution < 1.29 is 35.9 Å². The molecule has 10 rings (SSSR count). The molecule has 0 bridgehead atoms. The van der Waals surface area contributed by atoms with Crippen molar-refractivity contribution in [3.05, 3.63) is 94.8 Å². The molecule has 2 unspecified atom stereocenters. The lowest BCUT2D eigenvalue weighted by molar-refractivity contribution is 0.0972. The summed E-state index contributed by atoms with van der Waals surface area (Å²) in [4.78, 5) is 34.1. The van der Waals surface area contributed by atoms with Gasteiger partial charge in [-0.15, -0.1) is 10.2 Å². The van der Waals surface area contributed by atoms with Crippen molar-refractivity contribution in [1.29, 1.82) is 0 Å². The van der Waals surface area contributed by atoms with Crippen LogP contribution >= 0.6 is 23.2 Å². The number of hydrogen-bond donors (Lipinski definition) is 3. The van der Waals surface area contributed by atoms with Gasteiger partial charge >= 0.3 is 0 Å². The molecule has 1 aliphatic heterocycles. The molecule has 21 nitrogen and oxygen atoms in total. The average molecular weight is 1180 g/mol. The third kappa shape index (κ3) is 15.8. The van der Waals surface area contributed by atoms with Gasteiger partial charge in [0.25, 0.3) is 31.9 Å². The van der Waals surface area contributed by atoms with Gasteiger partial charge in [0.15, 0.2) is 21.7 Å². The van der Waals surface area contributed by atoms with Crippen LogP contribution in [0.3, 0.4) is 0 Å². The van der Waals surface area contributed by atoms with Crippen LogP contribution in [0.25, 0.3) is 11.6 Å². The van der Waals surface area contributed by atoms with Crippen LogP contribution in [0.1, 0.15) is 152 Å². The van der Waals surface area contributed by atoms with Crippen molar-refractivity contribution in [1.82, 2.24) is 63.9 Å². The van der Waals surface area contributed by atoms with E-state index >= 15 is 0 Å². The minimum atomic E-state index is -4.20. The maximum absolute atomic E-state index is 12.8. The minimum Gasteiger partial charge on any atom is -0.477 e. The maximum Gasteiger partial charge on any atom is 0.283 e. The van der Waals surface area contributed by atoms with Gasteiger partial charge in [0.05, 0.1) is 24.3 Å². The largest absolute Gasteiger partial charge is 0.477 e. The number of rotatable bonds is 24. The molecular formula is C55H73Cl2N13O8S2. The SMILES string of the molecule is CC1(C)CCC(CCn2ccc(S(=O)(=O)NC(=O)c3ccc(-n4ccc(OCCCC5(C)CC5)n4)nc3Cl)n2)C1.CC1(CCCOc2ccn(-c3ccc(C(=O)NS(=O)(=O)c4ccn(CCC5CNC(C)(C)C5)n4)c(Cl)n3)n2)CC1. The first kappa shape index (κ1) is 58.8. The highest BCUT2D eigenvalue weighted by Crippen LogP contribution is 2.49. The normalized spacial score (nSPS) is 19.4. The third-order valence-corrected chi connectivity index (χ3v) is 18.8. The Labute approximate surface area is 478 Å². The van der Waals surface area contributed by atoms with Crippen molar-refractivity contribution in [2.75, 3.05) is 19.8 Å². The van der Waals surface area contributed by atoms with Crippen molar-refractivity contribution in [3.8, 4) is 23.4 Å². The molecule has 6 aromatic heterocycles. The maximum atomic E-state index is 12.8. The van der Waals surface area contributed by atoms with Crippen molar-refractivity contribution >= 4 is 55.1 Å². The fourth-order valence-electron chi connectivity index (χ4n) is 10.4. The van der Waals surface area contributed by atoms with Crippen LogP contribution in [0.2, 0.25) is 10.3 Å². The highest BCUT2D eigenvalue weighted by Gasteiger charge is 2.37. The van der Waals surface area contributed by atoms with E-state index in [0.717, 1.165) is 57.9 Å². The molecule has 2 amide bonds. The summed E-state index contributed by atoms with van der Waals surface area (Å²) in [6.07, 6.45) is 22.4. The van der Waals surface area contributed by atoms with Gasteiger partial charge in [0.1, 0.15) is 10.3 Å². The second-order valence-corrected chi connectivity index (χ2v) is 28.1. The van der Waals surface area contributed by atoms with Crippen molar-refractivity contribution in [2.45, 2.75) is 160 Å². The average Bonchev–Trinajstić information content (AvgIpc) is 3.90. The van der Waals surface area contributed by atoms with E-state index in [0.29, 0.717) is 77.8 Å². The van der Waals surface area contributed by atoms with Crippen LogP contribution in [-0.4, -0.2) is 103 Å². The first-order valence-corrected chi connectivity index (χ1v) is 31.2. The second-order valence-electron chi connectivity index (χ2n) is 24.1. The lowest BCUT2D eigenvalue weighted by Gasteiger charge is -2.17. The summed E-state index contributed by atoms with van der Waals surface area (Å²) >= 11 is 12.5. The van der Waals surface area contributed by atoms with Gasteiger partial charge in [-0.2, -0.15) is 27.0 Å². The molecule has 4 aliphatic rings. The van der Waals surface area contributed by atoms with Gasteiger partial charge in [0.2, 0.25) is 11.8 Å². The lowest BCUT2D eigenvalue weighted by Crippen LogP contribution is -2.31. The topological polar surface area (TPSA) is 254 Å². The molecule has 80 heavy (non-hydrogen) atoms. The molecule has 1 saturated heterocycles. The van der Waals surface area contributed by atoms with E-state index in [4.69, 9.17) is 32.7 Å². The van der Waals surface area contributed by atoms with Gasteiger partial charge in [0, 0.05) is 55.5 Å². The zero-order chi connectivity index (χ0) is 57.1. The molecule has 432 valence electrons.